The normalized spacial score (nSPS) is 18.8. The number of rotatable bonds is 2. The summed E-state index contributed by atoms with van der Waals surface area (Å²) in [6.45, 7) is 6.49. The Morgan fingerprint density at radius 1 is 1.43 bits per heavy atom. The molecule has 2 rings (SSSR count). The highest BCUT2D eigenvalue weighted by atomic mass is 79.9. The lowest BCUT2D eigenvalue weighted by atomic mass is 10.1. The van der Waals surface area contributed by atoms with Gasteiger partial charge in [-0.05, 0) is 48.8 Å². The van der Waals surface area contributed by atoms with Crippen LogP contribution in [0.2, 0.25) is 0 Å². The minimum absolute atomic E-state index is 0.0644. The van der Waals surface area contributed by atoms with Crippen LogP contribution in [0.1, 0.15) is 27.2 Å². The molecule has 1 aliphatic heterocycles. The van der Waals surface area contributed by atoms with Gasteiger partial charge in [-0.15, -0.1) is 0 Å². The molecular formula is C14H19BrN4O2. The Labute approximate surface area is 132 Å². The van der Waals surface area contributed by atoms with Crippen LogP contribution in [0.15, 0.2) is 22.8 Å². The molecule has 0 spiro atoms. The van der Waals surface area contributed by atoms with Gasteiger partial charge in [0.25, 0.3) is 0 Å². The monoisotopic (exact) mass is 354 g/mol. The molecule has 0 radical (unpaired) electrons. The topological polar surface area (TPSA) is 74.3 Å². The van der Waals surface area contributed by atoms with Gasteiger partial charge in [0.2, 0.25) is 5.91 Å². The van der Waals surface area contributed by atoms with Crippen molar-refractivity contribution in [2.45, 2.75) is 38.8 Å². The number of aromatic nitrogens is 1. The minimum atomic E-state index is -0.349. The van der Waals surface area contributed by atoms with Crippen LogP contribution in [0.5, 0.6) is 0 Å². The molecule has 1 aromatic rings. The molecule has 0 aliphatic carbocycles. The summed E-state index contributed by atoms with van der Waals surface area (Å²) in [7, 11) is 0. The maximum Gasteiger partial charge on any atom is 0.320 e. The molecule has 0 bridgehead atoms. The number of carbonyl (C=O) groups excluding carboxylic acids is 2. The number of hydrogen-bond donors (Lipinski definition) is 2. The van der Waals surface area contributed by atoms with Gasteiger partial charge in [-0.3, -0.25) is 10.1 Å². The Hall–Kier alpha value is -1.63. The van der Waals surface area contributed by atoms with Gasteiger partial charge in [0.1, 0.15) is 5.82 Å². The lowest BCUT2D eigenvalue weighted by Gasteiger charge is -2.32. The van der Waals surface area contributed by atoms with E-state index in [4.69, 9.17) is 0 Å². The summed E-state index contributed by atoms with van der Waals surface area (Å²) < 4.78 is 0.843. The molecule has 1 unspecified atom stereocenters. The van der Waals surface area contributed by atoms with Crippen LogP contribution in [0, 0.1) is 0 Å². The molecule has 2 N–H and O–H groups in total. The molecule has 0 aromatic carbocycles. The van der Waals surface area contributed by atoms with Crippen molar-refractivity contribution in [3.05, 3.63) is 22.8 Å². The number of urea groups is 1. The fourth-order valence-electron chi connectivity index (χ4n) is 2.24. The predicted molar refractivity (Wildman–Crippen MR) is 84.0 cm³/mol. The Morgan fingerprint density at radius 3 is 2.67 bits per heavy atom. The first-order valence-corrected chi connectivity index (χ1v) is 7.54. The number of halogens is 1. The molecule has 1 aliphatic rings. The fraction of sp³-hybridized carbons (Fsp3) is 0.500. The number of carbonyl (C=O) groups is 2. The van der Waals surface area contributed by atoms with Crippen LogP contribution in [-0.4, -0.2) is 39.9 Å². The quantitative estimate of drug-likeness (QED) is 0.855. The second-order valence-electron chi connectivity index (χ2n) is 6.04. The maximum atomic E-state index is 11.9. The SMILES string of the molecule is CC(C)(C)N1CC(NC(=O)Nc2ccc(Br)cn2)CC1=O. The average molecular weight is 355 g/mol. The summed E-state index contributed by atoms with van der Waals surface area (Å²) in [6.07, 6.45) is 1.94. The third-order valence-corrected chi connectivity index (χ3v) is 3.71. The molecule has 1 saturated heterocycles. The van der Waals surface area contributed by atoms with E-state index in [0.29, 0.717) is 18.8 Å². The number of amides is 3. The molecule has 7 heteroatoms. The van der Waals surface area contributed by atoms with Gasteiger partial charge in [-0.25, -0.2) is 9.78 Å². The number of anilines is 1. The summed E-state index contributed by atoms with van der Waals surface area (Å²) in [5.74, 6) is 0.530. The second kappa shape index (κ2) is 6.01. The smallest absolute Gasteiger partial charge is 0.320 e. The molecule has 6 nitrogen and oxygen atoms in total. The third-order valence-electron chi connectivity index (χ3n) is 3.24. The first kappa shape index (κ1) is 15.8. The largest absolute Gasteiger partial charge is 0.336 e. The Kier molecular flexibility index (Phi) is 4.51. The van der Waals surface area contributed by atoms with Gasteiger partial charge in [0.15, 0.2) is 0 Å². The van der Waals surface area contributed by atoms with Crippen LogP contribution in [0.4, 0.5) is 10.6 Å². The lowest BCUT2D eigenvalue weighted by Crippen LogP contribution is -2.45. The van der Waals surface area contributed by atoms with Gasteiger partial charge >= 0.3 is 6.03 Å². The summed E-state index contributed by atoms with van der Waals surface area (Å²) in [6, 6.07) is 2.97. The zero-order chi connectivity index (χ0) is 15.6. The Morgan fingerprint density at radius 2 is 2.14 bits per heavy atom. The molecule has 1 atom stereocenters. The molecule has 2 heterocycles. The molecule has 3 amide bonds. The van der Waals surface area contributed by atoms with Gasteiger partial charge in [-0.2, -0.15) is 0 Å². The molecule has 1 aromatic heterocycles. The first-order valence-electron chi connectivity index (χ1n) is 6.75. The van der Waals surface area contributed by atoms with Gasteiger partial charge in [0.05, 0.1) is 6.04 Å². The van der Waals surface area contributed by atoms with Crippen molar-refractivity contribution in [2.75, 3.05) is 11.9 Å². The Balaban J connectivity index is 1.89. The Bertz CT molecular complexity index is 539. The maximum absolute atomic E-state index is 11.9. The van der Waals surface area contributed by atoms with E-state index >= 15 is 0 Å². The van der Waals surface area contributed by atoms with E-state index in [1.54, 1.807) is 23.2 Å². The average Bonchev–Trinajstić information content (AvgIpc) is 2.73. The zero-order valence-corrected chi connectivity index (χ0v) is 13.9. The predicted octanol–water partition coefficient (Wildman–Crippen LogP) is 2.37. The summed E-state index contributed by atoms with van der Waals surface area (Å²) >= 11 is 3.28. The van der Waals surface area contributed by atoms with Crippen molar-refractivity contribution >= 4 is 33.7 Å². The molecule has 21 heavy (non-hydrogen) atoms. The first-order chi connectivity index (χ1) is 9.75. The van der Waals surface area contributed by atoms with E-state index in [0.717, 1.165) is 4.47 Å². The van der Waals surface area contributed by atoms with Crippen molar-refractivity contribution in [3.63, 3.8) is 0 Å². The van der Waals surface area contributed by atoms with Crippen LogP contribution < -0.4 is 10.6 Å². The summed E-state index contributed by atoms with van der Waals surface area (Å²) in [5, 5.41) is 5.46. The highest BCUT2D eigenvalue weighted by Crippen LogP contribution is 2.21. The van der Waals surface area contributed by atoms with E-state index in [1.165, 1.54) is 0 Å². The number of likely N-dealkylation sites (tertiary alicyclic amines) is 1. The molecule has 1 fully saturated rings. The van der Waals surface area contributed by atoms with E-state index in [-0.39, 0.29) is 23.5 Å². The third kappa shape index (κ3) is 4.17. The number of nitrogens with zero attached hydrogens (tertiary/aromatic N) is 2. The van der Waals surface area contributed by atoms with Crippen molar-refractivity contribution in [1.29, 1.82) is 0 Å². The van der Waals surface area contributed by atoms with E-state index < -0.39 is 0 Å². The standard InChI is InChI=1S/C14H19BrN4O2/c1-14(2,3)19-8-10(6-12(19)20)17-13(21)18-11-5-4-9(15)7-16-11/h4-5,7,10H,6,8H2,1-3H3,(H2,16,17,18,21). The number of pyridine rings is 1. The van der Waals surface area contributed by atoms with Crippen LogP contribution >= 0.6 is 15.9 Å². The van der Waals surface area contributed by atoms with Gasteiger partial charge in [-0.1, -0.05) is 0 Å². The van der Waals surface area contributed by atoms with Crippen LogP contribution in [0.3, 0.4) is 0 Å². The zero-order valence-electron chi connectivity index (χ0n) is 12.3. The van der Waals surface area contributed by atoms with Crippen molar-refractivity contribution in [3.8, 4) is 0 Å². The van der Waals surface area contributed by atoms with Crippen molar-refractivity contribution in [2.24, 2.45) is 0 Å². The van der Waals surface area contributed by atoms with Crippen molar-refractivity contribution < 1.29 is 9.59 Å². The second-order valence-corrected chi connectivity index (χ2v) is 6.95. The summed E-state index contributed by atoms with van der Waals surface area (Å²) in [5.41, 5.74) is -0.225. The van der Waals surface area contributed by atoms with E-state index in [1.807, 2.05) is 20.8 Å². The number of hydrogen-bond acceptors (Lipinski definition) is 3. The highest BCUT2D eigenvalue weighted by molar-refractivity contribution is 9.10. The van der Waals surface area contributed by atoms with Gasteiger partial charge < -0.3 is 10.2 Å². The van der Waals surface area contributed by atoms with E-state index in [2.05, 4.69) is 31.5 Å². The van der Waals surface area contributed by atoms with Crippen molar-refractivity contribution in [1.82, 2.24) is 15.2 Å². The highest BCUT2D eigenvalue weighted by Gasteiger charge is 2.36. The molecule has 114 valence electrons. The fourth-order valence-corrected chi connectivity index (χ4v) is 2.47. The lowest BCUT2D eigenvalue weighted by molar-refractivity contribution is -0.131. The minimum Gasteiger partial charge on any atom is -0.336 e. The molecular weight excluding hydrogens is 336 g/mol. The van der Waals surface area contributed by atoms with Gasteiger partial charge in [0, 0.05) is 29.2 Å². The molecule has 0 saturated carbocycles. The summed E-state index contributed by atoms with van der Waals surface area (Å²) in [4.78, 5) is 29.7. The van der Waals surface area contributed by atoms with Crippen LogP contribution in [0.25, 0.3) is 0 Å². The van der Waals surface area contributed by atoms with Crippen LogP contribution in [-0.2, 0) is 4.79 Å². The van der Waals surface area contributed by atoms with E-state index in [9.17, 15) is 9.59 Å². The number of nitrogens with one attached hydrogen (secondary N) is 2.